The minimum absolute atomic E-state index is 0.0423. The molecule has 0 aliphatic rings. The molecule has 3 N–H and O–H groups in total. The molecule has 0 aliphatic carbocycles. The first-order valence-corrected chi connectivity index (χ1v) is 5.86. The first-order valence-electron chi connectivity index (χ1n) is 5.07. The van der Waals surface area contributed by atoms with Crippen LogP contribution in [0.2, 0.25) is 0 Å². The highest BCUT2D eigenvalue weighted by Crippen LogP contribution is 2.20. The van der Waals surface area contributed by atoms with Crippen LogP contribution < -0.4 is 11.1 Å². The summed E-state index contributed by atoms with van der Waals surface area (Å²) < 4.78 is 13.8. The Bertz CT molecular complexity index is 379. The number of hydrogen-bond acceptors (Lipinski definition) is 2. The summed E-state index contributed by atoms with van der Waals surface area (Å²) in [6.45, 7) is 6.84. The molecule has 0 aromatic heterocycles. The van der Waals surface area contributed by atoms with Crippen molar-refractivity contribution >= 4 is 15.9 Å². The van der Waals surface area contributed by atoms with Crippen molar-refractivity contribution in [1.82, 2.24) is 5.32 Å². The van der Waals surface area contributed by atoms with Gasteiger partial charge in [-0.2, -0.15) is 0 Å². The molecule has 1 atom stereocenters. The van der Waals surface area contributed by atoms with Crippen molar-refractivity contribution < 1.29 is 4.39 Å². The van der Waals surface area contributed by atoms with Crippen molar-refractivity contribution in [3.05, 3.63) is 46.2 Å². The van der Waals surface area contributed by atoms with Gasteiger partial charge in [-0.25, -0.2) is 4.39 Å². The van der Waals surface area contributed by atoms with Crippen LogP contribution in [0.4, 0.5) is 4.39 Å². The van der Waals surface area contributed by atoms with E-state index in [0.29, 0.717) is 17.6 Å². The van der Waals surface area contributed by atoms with Gasteiger partial charge in [-0.05, 0) is 40.5 Å². The topological polar surface area (TPSA) is 38.0 Å². The van der Waals surface area contributed by atoms with Crippen molar-refractivity contribution in [3.63, 3.8) is 0 Å². The van der Waals surface area contributed by atoms with Crippen molar-refractivity contribution in [3.8, 4) is 0 Å². The molecule has 4 heteroatoms. The number of halogens is 2. The molecule has 0 saturated heterocycles. The molecular formula is C12H16BrFN2. The van der Waals surface area contributed by atoms with Crippen molar-refractivity contribution in [1.29, 1.82) is 0 Å². The summed E-state index contributed by atoms with van der Waals surface area (Å²) in [7, 11) is 0. The zero-order valence-electron chi connectivity index (χ0n) is 9.26. The summed E-state index contributed by atoms with van der Waals surface area (Å²) in [5, 5.41) is 3.23. The molecule has 1 aromatic carbocycles. The zero-order valence-corrected chi connectivity index (χ0v) is 10.8. The van der Waals surface area contributed by atoms with Gasteiger partial charge >= 0.3 is 0 Å². The summed E-state index contributed by atoms with van der Waals surface area (Å²) in [5.74, 6) is -0.270. The molecule has 2 nitrogen and oxygen atoms in total. The Hall–Kier alpha value is -0.710. The summed E-state index contributed by atoms with van der Waals surface area (Å²) in [6, 6.07) is 5.00. The molecule has 0 aliphatic heterocycles. The monoisotopic (exact) mass is 286 g/mol. The Balaban J connectivity index is 2.78. The van der Waals surface area contributed by atoms with Gasteiger partial charge in [0.1, 0.15) is 5.82 Å². The third-order valence-electron chi connectivity index (χ3n) is 2.23. The van der Waals surface area contributed by atoms with Crippen molar-refractivity contribution in [2.75, 3.05) is 13.1 Å². The molecule has 0 fully saturated rings. The van der Waals surface area contributed by atoms with Crippen LogP contribution in [0.5, 0.6) is 0 Å². The van der Waals surface area contributed by atoms with E-state index in [0.717, 1.165) is 11.1 Å². The number of nitrogens with two attached hydrogens (primary N) is 1. The van der Waals surface area contributed by atoms with Gasteiger partial charge in [0, 0.05) is 19.1 Å². The highest BCUT2D eigenvalue weighted by molar-refractivity contribution is 9.10. The fourth-order valence-corrected chi connectivity index (χ4v) is 1.61. The lowest BCUT2D eigenvalue weighted by atomic mass is 10.1. The first-order chi connectivity index (χ1) is 7.54. The lowest BCUT2D eigenvalue weighted by molar-refractivity contribution is 0.559. The molecule has 1 unspecified atom stereocenters. The van der Waals surface area contributed by atoms with E-state index in [4.69, 9.17) is 5.73 Å². The Morgan fingerprint density at radius 3 is 2.81 bits per heavy atom. The molecule has 0 radical (unpaired) electrons. The normalized spacial score (nSPS) is 12.5. The van der Waals surface area contributed by atoms with E-state index in [2.05, 4.69) is 27.8 Å². The average Bonchev–Trinajstić information content (AvgIpc) is 2.23. The number of rotatable bonds is 5. The summed E-state index contributed by atoms with van der Waals surface area (Å²) in [5.41, 5.74) is 7.53. The predicted molar refractivity (Wildman–Crippen MR) is 68.7 cm³/mol. The fraction of sp³-hybridized carbons (Fsp3) is 0.333. The Morgan fingerprint density at radius 1 is 1.62 bits per heavy atom. The fourth-order valence-electron chi connectivity index (χ4n) is 1.36. The summed E-state index contributed by atoms with van der Waals surface area (Å²) in [4.78, 5) is 0. The van der Waals surface area contributed by atoms with Crippen LogP contribution in [-0.2, 0) is 0 Å². The third-order valence-corrected chi connectivity index (χ3v) is 2.88. The number of hydrogen-bond donors (Lipinski definition) is 2. The Labute approximate surface area is 104 Å². The minimum Gasteiger partial charge on any atom is -0.329 e. The molecule has 0 heterocycles. The van der Waals surface area contributed by atoms with E-state index in [1.807, 2.05) is 13.0 Å². The second-order valence-electron chi connectivity index (χ2n) is 3.80. The van der Waals surface area contributed by atoms with E-state index in [9.17, 15) is 4.39 Å². The Kier molecular flexibility index (Phi) is 5.12. The number of benzene rings is 1. The molecule has 0 amide bonds. The molecule has 1 rings (SSSR count). The smallest absolute Gasteiger partial charge is 0.137 e. The predicted octanol–water partition coefficient (Wildman–Crippen LogP) is 2.75. The van der Waals surface area contributed by atoms with Crippen LogP contribution in [0.25, 0.3) is 0 Å². The molecule has 0 saturated carbocycles. The molecule has 1 aromatic rings. The van der Waals surface area contributed by atoms with Gasteiger partial charge in [0.15, 0.2) is 0 Å². The summed E-state index contributed by atoms with van der Waals surface area (Å²) >= 11 is 3.12. The molecule has 0 bridgehead atoms. The van der Waals surface area contributed by atoms with E-state index in [1.54, 1.807) is 6.07 Å². The second-order valence-corrected chi connectivity index (χ2v) is 4.65. The minimum atomic E-state index is -0.270. The maximum atomic E-state index is 13.3. The average molecular weight is 287 g/mol. The lowest BCUT2D eigenvalue weighted by Crippen LogP contribution is -2.29. The standard InChI is InChI=1S/C12H16BrFN2/c1-8(2)7-16-12(6-15)9-3-4-10(13)11(14)5-9/h3-5,12,16H,1,6-7,15H2,2H3. The van der Waals surface area contributed by atoms with Gasteiger partial charge in [0.25, 0.3) is 0 Å². The largest absolute Gasteiger partial charge is 0.329 e. The van der Waals surface area contributed by atoms with Crippen LogP contribution in [-0.4, -0.2) is 13.1 Å². The maximum Gasteiger partial charge on any atom is 0.137 e. The van der Waals surface area contributed by atoms with Gasteiger partial charge in [0.05, 0.1) is 4.47 Å². The van der Waals surface area contributed by atoms with Crippen molar-refractivity contribution in [2.24, 2.45) is 5.73 Å². The van der Waals surface area contributed by atoms with Gasteiger partial charge in [0.2, 0.25) is 0 Å². The van der Waals surface area contributed by atoms with Crippen LogP contribution in [0, 0.1) is 5.82 Å². The first kappa shape index (κ1) is 13.4. The quantitative estimate of drug-likeness (QED) is 0.817. The molecule has 0 spiro atoms. The molecule has 88 valence electrons. The van der Waals surface area contributed by atoms with Gasteiger partial charge in [-0.15, -0.1) is 0 Å². The van der Waals surface area contributed by atoms with Gasteiger partial charge in [-0.3, -0.25) is 0 Å². The highest BCUT2D eigenvalue weighted by Gasteiger charge is 2.10. The second kappa shape index (κ2) is 6.13. The van der Waals surface area contributed by atoms with E-state index in [1.165, 1.54) is 6.07 Å². The van der Waals surface area contributed by atoms with E-state index >= 15 is 0 Å². The van der Waals surface area contributed by atoms with Crippen LogP contribution >= 0.6 is 15.9 Å². The number of nitrogens with one attached hydrogen (secondary N) is 1. The van der Waals surface area contributed by atoms with Crippen LogP contribution in [0.1, 0.15) is 18.5 Å². The third kappa shape index (κ3) is 3.70. The van der Waals surface area contributed by atoms with Crippen LogP contribution in [0.15, 0.2) is 34.8 Å². The highest BCUT2D eigenvalue weighted by atomic mass is 79.9. The maximum absolute atomic E-state index is 13.3. The zero-order chi connectivity index (χ0) is 12.1. The summed E-state index contributed by atoms with van der Waals surface area (Å²) in [6.07, 6.45) is 0. The van der Waals surface area contributed by atoms with Crippen LogP contribution in [0.3, 0.4) is 0 Å². The molecular weight excluding hydrogens is 271 g/mol. The van der Waals surface area contributed by atoms with Gasteiger partial charge < -0.3 is 11.1 Å². The van der Waals surface area contributed by atoms with Crippen molar-refractivity contribution in [2.45, 2.75) is 13.0 Å². The van der Waals surface area contributed by atoms with Gasteiger partial charge in [-0.1, -0.05) is 18.2 Å². The SMILES string of the molecule is C=C(C)CNC(CN)c1ccc(Br)c(F)c1. The van der Waals surface area contributed by atoms with E-state index < -0.39 is 0 Å². The Morgan fingerprint density at radius 2 is 2.31 bits per heavy atom. The molecule has 16 heavy (non-hydrogen) atoms. The lowest BCUT2D eigenvalue weighted by Gasteiger charge is -2.17. The van der Waals surface area contributed by atoms with E-state index in [-0.39, 0.29) is 11.9 Å².